The summed E-state index contributed by atoms with van der Waals surface area (Å²) in [5, 5.41) is 11.1. The first-order chi connectivity index (χ1) is 8.31. The highest BCUT2D eigenvalue weighted by Crippen LogP contribution is 2.26. The lowest BCUT2D eigenvalue weighted by Crippen LogP contribution is -2.08. The first kappa shape index (κ1) is 12.0. The Balaban J connectivity index is 2.15. The number of anilines is 1. The summed E-state index contributed by atoms with van der Waals surface area (Å²) >= 11 is 5.86. The minimum absolute atomic E-state index is 0.682. The molecule has 1 aromatic heterocycles. The first-order valence-corrected chi connectivity index (χ1v) is 5.92. The number of hydrogen-bond donors (Lipinski definition) is 3. The average Bonchev–Trinajstić information content (AvgIpc) is 2.79. The summed E-state index contributed by atoms with van der Waals surface area (Å²) in [5.74, 6) is 0. The van der Waals surface area contributed by atoms with Gasteiger partial charge in [0.05, 0.1) is 17.6 Å². The second-order valence-corrected chi connectivity index (χ2v) is 4.17. The van der Waals surface area contributed by atoms with Crippen molar-refractivity contribution in [2.75, 3.05) is 18.4 Å². The molecular weight excluding hydrogens is 236 g/mol. The van der Waals surface area contributed by atoms with Gasteiger partial charge < -0.3 is 11.1 Å². The molecule has 0 saturated heterocycles. The zero-order chi connectivity index (χ0) is 12.1. The van der Waals surface area contributed by atoms with Crippen molar-refractivity contribution in [1.29, 1.82) is 0 Å². The quantitative estimate of drug-likeness (QED) is 0.715. The molecule has 0 amide bonds. The normalized spacial score (nSPS) is 10.5. The van der Waals surface area contributed by atoms with Crippen molar-refractivity contribution in [1.82, 2.24) is 10.2 Å². The number of nitrogens with one attached hydrogen (secondary N) is 2. The standard InChI is InChI=1S/C12H15ClN4/c13-10-4-2-9(3-5-10)12-11(8-16-17-12)15-7-1-6-14/h2-5,8,15H,1,6-7,14H2,(H,16,17). The van der Waals surface area contributed by atoms with Gasteiger partial charge in [0.1, 0.15) is 0 Å². The van der Waals surface area contributed by atoms with Crippen LogP contribution in [0.3, 0.4) is 0 Å². The van der Waals surface area contributed by atoms with Crippen LogP contribution in [-0.2, 0) is 0 Å². The van der Waals surface area contributed by atoms with E-state index in [0.717, 1.165) is 34.9 Å². The lowest BCUT2D eigenvalue weighted by molar-refractivity contribution is 0.875. The van der Waals surface area contributed by atoms with Crippen molar-refractivity contribution in [3.63, 3.8) is 0 Å². The Morgan fingerprint density at radius 3 is 2.76 bits per heavy atom. The van der Waals surface area contributed by atoms with Crippen LogP contribution >= 0.6 is 11.6 Å². The fourth-order valence-corrected chi connectivity index (χ4v) is 1.71. The Labute approximate surface area is 105 Å². The predicted molar refractivity (Wildman–Crippen MR) is 71.2 cm³/mol. The number of hydrogen-bond acceptors (Lipinski definition) is 3. The van der Waals surface area contributed by atoms with E-state index in [2.05, 4.69) is 15.5 Å². The third-order valence-electron chi connectivity index (χ3n) is 2.47. The summed E-state index contributed by atoms with van der Waals surface area (Å²) in [6.07, 6.45) is 2.71. The molecule has 0 aliphatic carbocycles. The van der Waals surface area contributed by atoms with E-state index >= 15 is 0 Å². The highest BCUT2D eigenvalue weighted by atomic mass is 35.5. The van der Waals surface area contributed by atoms with Crippen LogP contribution < -0.4 is 11.1 Å². The molecule has 0 radical (unpaired) electrons. The highest BCUT2D eigenvalue weighted by Gasteiger charge is 2.06. The van der Waals surface area contributed by atoms with E-state index in [4.69, 9.17) is 17.3 Å². The largest absolute Gasteiger partial charge is 0.382 e. The monoisotopic (exact) mass is 250 g/mol. The molecule has 4 N–H and O–H groups in total. The molecular formula is C12H15ClN4. The topological polar surface area (TPSA) is 66.7 Å². The number of aromatic nitrogens is 2. The van der Waals surface area contributed by atoms with E-state index < -0.39 is 0 Å². The van der Waals surface area contributed by atoms with E-state index in [1.807, 2.05) is 24.3 Å². The number of nitrogens with zero attached hydrogens (tertiary/aromatic N) is 1. The van der Waals surface area contributed by atoms with Gasteiger partial charge in [-0.1, -0.05) is 23.7 Å². The Morgan fingerprint density at radius 2 is 2.06 bits per heavy atom. The van der Waals surface area contributed by atoms with Crippen LogP contribution in [0.5, 0.6) is 0 Å². The molecule has 0 spiro atoms. The van der Waals surface area contributed by atoms with E-state index in [1.54, 1.807) is 6.20 Å². The van der Waals surface area contributed by atoms with Gasteiger partial charge in [-0.3, -0.25) is 5.10 Å². The molecule has 2 rings (SSSR count). The summed E-state index contributed by atoms with van der Waals surface area (Å²) in [6, 6.07) is 7.65. The van der Waals surface area contributed by atoms with Crippen LogP contribution in [0.2, 0.25) is 5.02 Å². The Kier molecular flexibility index (Phi) is 4.01. The highest BCUT2D eigenvalue weighted by molar-refractivity contribution is 6.30. The zero-order valence-corrected chi connectivity index (χ0v) is 10.2. The van der Waals surface area contributed by atoms with E-state index in [1.165, 1.54) is 0 Å². The van der Waals surface area contributed by atoms with Crippen molar-refractivity contribution in [2.24, 2.45) is 5.73 Å². The van der Waals surface area contributed by atoms with Crippen molar-refractivity contribution < 1.29 is 0 Å². The molecule has 90 valence electrons. The van der Waals surface area contributed by atoms with E-state index in [-0.39, 0.29) is 0 Å². The average molecular weight is 251 g/mol. The lowest BCUT2D eigenvalue weighted by Gasteiger charge is -2.06. The van der Waals surface area contributed by atoms with Crippen LogP contribution in [0.25, 0.3) is 11.3 Å². The second-order valence-electron chi connectivity index (χ2n) is 3.73. The minimum atomic E-state index is 0.682. The SMILES string of the molecule is NCCCNc1cn[nH]c1-c1ccc(Cl)cc1. The Bertz CT molecular complexity index is 464. The molecule has 0 aliphatic heterocycles. The lowest BCUT2D eigenvalue weighted by atomic mass is 10.1. The minimum Gasteiger partial charge on any atom is -0.382 e. The number of rotatable bonds is 5. The van der Waals surface area contributed by atoms with E-state index in [0.29, 0.717) is 6.54 Å². The van der Waals surface area contributed by atoms with Gasteiger partial charge >= 0.3 is 0 Å². The molecule has 0 aliphatic rings. The van der Waals surface area contributed by atoms with Crippen LogP contribution in [0.1, 0.15) is 6.42 Å². The molecule has 5 heteroatoms. The van der Waals surface area contributed by atoms with Crippen LogP contribution in [0.4, 0.5) is 5.69 Å². The molecule has 0 atom stereocenters. The maximum Gasteiger partial charge on any atom is 0.0882 e. The van der Waals surface area contributed by atoms with Crippen molar-refractivity contribution >= 4 is 17.3 Å². The fourth-order valence-electron chi connectivity index (χ4n) is 1.58. The van der Waals surface area contributed by atoms with Crippen LogP contribution in [0.15, 0.2) is 30.5 Å². The van der Waals surface area contributed by atoms with Gasteiger partial charge in [0.25, 0.3) is 0 Å². The number of H-pyrrole nitrogens is 1. The van der Waals surface area contributed by atoms with Crippen LogP contribution in [-0.4, -0.2) is 23.3 Å². The smallest absolute Gasteiger partial charge is 0.0882 e. The van der Waals surface area contributed by atoms with Gasteiger partial charge in [0.15, 0.2) is 0 Å². The maximum absolute atomic E-state index is 5.86. The summed E-state index contributed by atoms with van der Waals surface area (Å²) in [5.41, 5.74) is 8.47. The molecule has 0 saturated carbocycles. The van der Waals surface area contributed by atoms with E-state index in [9.17, 15) is 0 Å². The predicted octanol–water partition coefficient (Wildman–Crippen LogP) is 2.49. The molecule has 1 aromatic carbocycles. The summed E-state index contributed by atoms with van der Waals surface area (Å²) in [7, 11) is 0. The van der Waals surface area contributed by atoms with Gasteiger partial charge in [-0.2, -0.15) is 5.10 Å². The van der Waals surface area contributed by atoms with Gasteiger partial charge in [-0.25, -0.2) is 0 Å². The van der Waals surface area contributed by atoms with Gasteiger partial charge in [-0.05, 0) is 25.1 Å². The number of benzene rings is 1. The fraction of sp³-hybridized carbons (Fsp3) is 0.250. The summed E-state index contributed by atoms with van der Waals surface area (Å²) < 4.78 is 0. The molecule has 4 nitrogen and oxygen atoms in total. The van der Waals surface area contributed by atoms with Gasteiger partial charge in [0, 0.05) is 17.1 Å². The Morgan fingerprint density at radius 1 is 1.29 bits per heavy atom. The van der Waals surface area contributed by atoms with Crippen molar-refractivity contribution in [3.8, 4) is 11.3 Å². The Hall–Kier alpha value is -1.52. The third kappa shape index (κ3) is 2.99. The molecule has 0 fully saturated rings. The molecule has 1 heterocycles. The number of aromatic amines is 1. The van der Waals surface area contributed by atoms with Gasteiger partial charge in [-0.15, -0.1) is 0 Å². The van der Waals surface area contributed by atoms with Crippen molar-refractivity contribution in [2.45, 2.75) is 6.42 Å². The summed E-state index contributed by atoms with van der Waals surface area (Å²) in [6.45, 7) is 1.53. The van der Waals surface area contributed by atoms with Crippen LogP contribution in [0, 0.1) is 0 Å². The molecule has 17 heavy (non-hydrogen) atoms. The zero-order valence-electron chi connectivity index (χ0n) is 9.41. The number of halogens is 1. The molecule has 2 aromatic rings. The number of nitrogens with two attached hydrogens (primary N) is 1. The maximum atomic E-state index is 5.86. The van der Waals surface area contributed by atoms with Crippen molar-refractivity contribution in [3.05, 3.63) is 35.5 Å². The van der Waals surface area contributed by atoms with Gasteiger partial charge in [0.2, 0.25) is 0 Å². The molecule has 0 unspecified atom stereocenters. The summed E-state index contributed by atoms with van der Waals surface area (Å²) in [4.78, 5) is 0. The molecule has 0 bridgehead atoms. The first-order valence-electron chi connectivity index (χ1n) is 5.54. The third-order valence-corrected chi connectivity index (χ3v) is 2.72. The second kappa shape index (κ2) is 5.70.